The van der Waals surface area contributed by atoms with Crippen LogP contribution in [0.25, 0.3) is 0 Å². The van der Waals surface area contributed by atoms with Gasteiger partial charge in [-0.3, -0.25) is 0 Å². The minimum atomic E-state index is 0.224. The zero-order valence-corrected chi connectivity index (χ0v) is 15.1. The van der Waals surface area contributed by atoms with Gasteiger partial charge in [-0.1, -0.05) is 30.1 Å². The van der Waals surface area contributed by atoms with Gasteiger partial charge in [0, 0.05) is 32.8 Å². The SMILES string of the molecule is CCCNC(Cc1cc(Br)cs1)c1cc(Cl)sc1Cl. The van der Waals surface area contributed by atoms with Crippen molar-refractivity contribution in [3.63, 3.8) is 0 Å². The first-order chi connectivity index (χ1) is 9.10. The molecule has 0 aliphatic carbocycles. The first-order valence-electron chi connectivity index (χ1n) is 6.01. The molecule has 1 nitrogen and oxygen atoms in total. The summed E-state index contributed by atoms with van der Waals surface area (Å²) in [5.41, 5.74) is 1.11. The van der Waals surface area contributed by atoms with Gasteiger partial charge >= 0.3 is 0 Å². The van der Waals surface area contributed by atoms with Gasteiger partial charge in [0.05, 0.1) is 8.67 Å². The maximum absolute atomic E-state index is 6.28. The van der Waals surface area contributed by atoms with E-state index in [1.165, 1.54) is 16.2 Å². The van der Waals surface area contributed by atoms with E-state index in [9.17, 15) is 0 Å². The molecule has 6 heteroatoms. The second-order valence-corrected chi connectivity index (χ2v) is 8.42. The lowest BCUT2D eigenvalue weighted by Crippen LogP contribution is -2.23. The predicted octanol–water partition coefficient (Wildman–Crippen LogP) is 6.16. The monoisotopic (exact) mass is 397 g/mol. The molecule has 0 bridgehead atoms. The number of hydrogen-bond acceptors (Lipinski definition) is 3. The number of thiophene rings is 2. The molecule has 0 aliphatic rings. The lowest BCUT2D eigenvalue weighted by molar-refractivity contribution is 0.533. The van der Waals surface area contributed by atoms with Crippen molar-refractivity contribution >= 4 is 61.8 Å². The minimum absolute atomic E-state index is 0.224. The lowest BCUT2D eigenvalue weighted by atomic mass is 10.1. The van der Waals surface area contributed by atoms with E-state index in [0.717, 1.165) is 38.1 Å². The Hall–Kier alpha value is 0.420. The van der Waals surface area contributed by atoms with E-state index in [1.54, 1.807) is 11.3 Å². The topological polar surface area (TPSA) is 12.0 Å². The highest BCUT2D eigenvalue weighted by Crippen LogP contribution is 2.37. The fourth-order valence-electron chi connectivity index (χ4n) is 1.86. The summed E-state index contributed by atoms with van der Waals surface area (Å²) in [5.74, 6) is 0. The Labute approximate surface area is 140 Å². The molecule has 2 heterocycles. The fraction of sp³-hybridized carbons (Fsp3) is 0.385. The summed E-state index contributed by atoms with van der Waals surface area (Å²) in [5, 5.41) is 5.66. The van der Waals surface area contributed by atoms with Crippen molar-refractivity contribution in [3.05, 3.63) is 41.1 Å². The van der Waals surface area contributed by atoms with Gasteiger partial charge in [-0.25, -0.2) is 0 Å². The Balaban J connectivity index is 2.18. The molecule has 1 atom stereocenters. The maximum Gasteiger partial charge on any atom is 0.0992 e. The molecule has 1 unspecified atom stereocenters. The van der Waals surface area contributed by atoms with Crippen LogP contribution in [0.2, 0.25) is 8.67 Å². The highest BCUT2D eigenvalue weighted by Gasteiger charge is 2.18. The second-order valence-electron chi connectivity index (χ2n) is 4.22. The van der Waals surface area contributed by atoms with E-state index in [0.29, 0.717) is 0 Å². The van der Waals surface area contributed by atoms with Crippen LogP contribution >= 0.6 is 61.8 Å². The first kappa shape index (κ1) is 15.8. The van der Waals surface area contributed by atoms with E-state index in [-0.39, 0.29) is 6.04 Å². The molecular formula is C13H14BrCl2NS2. The third-order valence-electron chi connectivity index (χ3n) is 2.73. The van der Waals surface area contributed by atoms with Crippen LogP contribution < -0.4 is 5.32 Å². The van der Waals surface area contributed by atoms with Gasteiger partial charge in [-0.2, -0.15) is 0 Å². The largest absolute Gasteiger partial charge is 0.310 e. The van der Waals surface area contributed by atoms with Gasteiger partial charge in [-0.05, 0) is 41.0 Å². The van der Waals surface area contributed by atoms with Gasteiger partial charge in [0.1, 0.15) is 0 Å². The van der Waals surface area contributed by atoms with E-state index >= 15 is 0 Å². The van der Waals surface area contributed by atoms with E-state index < -0.39 is 0 Å². The quantitative estimate of drug-likeness (QED) is 0.613. The molecule has 0 aromatic carbocycles. The van der Waals surface area contributed by atoms with Crippen LogP contribution in [0.4, 0.5) is 0 Å². The molecule has 0 radical (unpaired) electrons. The normalized spacial score (nSPS) is 12.8. The first-order valence-corrected chi connectivity index (χ1v) is 9.25. The van der Waals surface area contributed by atoms with Crippen LogP contribution in [-0.2, 0) is 6.42 Å². The summed E-state index contributed by atoms with van der Waals surface area (Å²) in [7, 11) is 0. The lowest BCUT2D eigenvalue weighted by Gasteiger charge is -2.17. The average Bonchev–Trinajstić information content (AvgIpc) is 2.91. The summed E-state index contributed by atoms with van der Waals surface area (Å²) in [4.78, 5) is 1.33. The fourth-order valence-corrected chi connectivity index (χ4v) is 4.94. The molecule has 2 rings (SSSR count). The number of hydrogen-bond donors (Lipinski definition) is 1. The van der Waals surface area contributed by atoms with Crippen molar-refractivity contribution in [2.75, 3.05) is 6.54 Å². The number of nitrogens with one attached hydrogen (secondary N) is 1. The molecule has 0 aliphatic heterocycles. The molecule has 0 amide bonds. The second kappa shape index (κ2) is 7.43. The van der Waals surface area contributed by atoms with E-state index in [2.05, 4.69) is 39.6 Å². The molecule has 0 spiro atoms. The van der Waals surface area contributed by atoms with Gasteiger partial charge in [0.25, 0.3) is 0 Å². The highest BCUT2D eigenvalue weighted by atomic mass is 79.9. The Bertz CT molecular complexity index is 538. The number of halogens is 3. The van der Waals surface area contributed by atoms with E-state index in [4.69, 9.17) is 23.2 Å². The zero-order valence-electron chi connectivity index (χ0n) is 10.4. The van der Waals surface area contributed by atoms with Crippen LogP contribution in [0.1, 0.15) is 29.8 Å². The molecule has 1 N–H and O–H groups in total. The molecule has 0 saturated heterocycles. The Morgan fingerprint density at radius 3 is 2.68 bits per heavy atom. The third kappa shape index (κ3) is 4.45. The standard InChI is InChI=1S/C13H14BrCl2NS2/c1-2-3-17-11(5-9-4-8(14)7-18-9)10-6-12(15)19-13(10)16/h4,6-7,11,17H,2-3,5H2,1H3. The van der Waals surface area contributed by atoms with Crippen molar-refractivity contribution in [1.29, 1.82) is 0 Å². The number of rotatable bonds is 6. The van der Waals surface area contributed by atoms with Gasteiger partial charge < -0.3 is 5.32 Å². The summed E-state index contributed by atoms with van der Waals surface area (Å²) in [6.45, 7) is 3.13. The van der Waals surface area contributed by atoms with Crippen molar-refractivity contribution in [1.82, 2.24) is 5.32 Å². The van der Waals surface area contributed by atoms with Crippen LogP contribution in [0.15, 0.2) is 22.0 Å². The Morgan fingerprint density at radius 1 is 1.37 bits per heavy atom. The maximum atomic E-state index is 6.28. The summed E-state index contributed by atoms with van der Waals surface area (Å²) in [6.07, 6.45) is 2.03. The molecular weight excluding hydrogens is 385 g/mol. The predicted molar refractivity (Wildman–Crippen MR) is 91.1 cm³/mol. The third-order valence-corrected chi connectivity index (χ3v) is 5.96. The van der Waals surface area contributed by atoms with Crippen LogP contribution in [0, 0.1) is 0 Å². The summed E-state index contributed by atoms with van der Waals surface area (Å²) in [6, 6.07) is 4.36. The molecule has 19 heavy (non-hydrogen) atoms. The molecule has 0 saturated carbocycles. The smallest absolute Gasteiger partial charge is 0.0992 e. The van der Waals surface area contributed by atoms with E-state index in [1.807, 2.05) is 6.07 Å². The molecule has 2 aromatic heterocycles. The van der Waals surface area contributed by atoms with Crippen molar-refractivity contribution < 1.29 is 0 Å². The average molecular weight is 399 g/mol. The Kier molecular flexibility index (Phi) is 6.18. The molecule has 0 fully saturated rings. The highest BCUT2D eigenvalue weighted by molar-refractivity contribution is 9.10. The Morgan fingerprint density at radius 2 is 2.16 bits per heavy atom. The van der Waals surface area contributed by atoms with Crippen LogP contribution in [-0.4, -0.2) is 6.54 Å². The van der Waals surface area contributed by atoms with Gasteiger partial charge in [0.2, 0.25) is 0 Å². The zero-order chi connectivity index (χ0) is 13.8. The van der Waals surface area contributed by atoms with Crippen LogP contribution in [0.3, 0.4) is 0 Å². The van der Waals surface area contributed by atoms with Crippen molar-refractivity contribution in [2.45, 2.75) is 25.8 Å². The summed E-state index contributed by atoms with van der Waals surface area (Å²) >= 11 is 19.0. The van der Waals surface area contributed by atoms with Gasteiger partial charge in [-0.15, -0.1) is 22.7 Å². The minimum Gasteiger partial charge on any atom is -0.310 e. The molecule has 104 valence electrons. The summed E-state index contributed by atoms with van der Waals surface area (Å²) < 4.78 is 2.67. The molecule has 2 aromatic rings. The van der Waals surface area contributed by atoms with Crippen molar-refractivity contribution in [3.8, 4) is 0 Å². The van der Waals surface area contributed by atoms with Gasteiger partial charge in [0.15, 0.2) is 0 Å². The van der Waals surface area contributed by atoms with Crippen molar-refractivity contribution in [2.24, 2.45) is 0 Å². The van der Waals surface area contributed by atoms with Crippen LogP contribution in [0.5, 0.6) is 0 Å².